The number of carboxylic acids is 1. The van der Waals surface area contributed by atoms with Gasteiger partial charge in [-0.15, -0.1) is 0 Å². The molecule has 0 aliphatic heterocycles. The number of hydrogen-bond donors (Lipinski definition) is 2. The molecule has 0 radical (unpaired) electrons. The number of aliphatic carboxylic acids is 1. The van der Waals surface area contributed by atoms with E-state index in [1.807, 2.05) is 0 Å². The van der Waals surface area contributed by atoms with E-state index in [-0.39, 0.29) is 18.7 Å². The van der Waals surface area contributed by atoms with E-state index in [9.17, 15) is 9.59 Å². The van der Waals surface area contributed by atoms with E-state index in [1.165, 1.54) is 0 Å². The average molecular weight is 277 g/mol. The molecule has 1 amide bonds. The van der Waals surface area contributed by atoms with E-state index in [0.29, 0.717) is 5.75 Å². The van der Waals surface area contributed by atoms with Crippen molar-refractivity contribution in [1.29, 1.82) is 0 Å². The number of methoxy groups -OCH3 is 1. The second-order valence-corrected chi connectivity index (χ2v) is 4.29. The molecule has 0 aliphatic carbocycles. The zero-order valence-electron chi connectivity index (χ0n) is 11.6. The number of carboxylic acid groups (broad SMARTS) is 1. The maximum Gasteiger partial charge on any atom is 0.326 e. The average Bonchev–Trinajstić information content (AvgIpc) is 2.43. The molecule has 108 valence electrons. The van der Waals surface area contributed by atoms with Gasteiger partial charge in [-0.25, -0.2) is 4.79 Å². The third-order valence-electron chi connectivity index (χ3n) is 2.74. The standard InChI is InChI=1S/C15H19NO4/c1-3-4-8-13(15(18)19)16-14(17)10-11-6-5-7-12(9-11)20-2/h3-7,9,13H,8,10H2,1-2H3,(H,16,17)(H,18,19)/b4-3+. The van der Waals surface area contributed by atoms with Gasteiger partial charge in [0.25, 0.3) is 0 Å². The van der Waals surface area contributed by atoms with Crippen LogP contribution in [-0.4, -0.2) is 30.1 Å². The lowest BCUT2D eigenvalue weighted by molar-refractivity contribution is -0.141. The number of ether oxygens (including phenoxy) is 1. The van der Waals surface area contributed by atoms with Crippen LogP contribution in [0, 0.1) is 0 Å². The van der Waals surface area contributed by atoms with Crippen molar-refractivity contribution in [3.63, 3.8) is 0 Å². The third kappa shape index (κ3) is 5.14. The van der Waals surface area contributed by atoms with Gasteiger partial charge < -0.3 is 15.2 Å². The van der Waals surface area contributed by atoms with Crippen LogP contribution in [0.5, 0.6) is 5.75 Å². The first-order valence-electron chi connectivity index (χ1n) is 6.33. The first-order chi connectivity index (χ1) is 9.56. The molecule has 5 nitrogen and oxygen atoms in total. The molecule has 0 bridgehead atoms. The fourth-order valence-electron chi connectivity index (χ4n) is 1.71. The maximum absolute atomic E-state index is 11.9. The molecule has 0 saturated carbocycles. The fraction of sp³-hybridized carbons (Fsp3) is 0.333. The Kier molecular flexibility index (Phi) is 6.29. The van der Waals surface area contributed by atoms with Gasteiger partial charge in [-0.2, -0.15) is 0 Å². The van der Waals surface area contributed by atoms with Crippen molar-refractivity contribution in [1.82, 2.24) is 5.32 Å². The Morgan fingerprint density at radius 2 is 2.20 bits per heavy atom. The predicted octanol–water partition coefficient (Wildman–Crippen LogP) is 1.77. The molecule has 0 spiro atoms. The molecule has 0 aromatic heterocycles. The van der Waals surface area contributed by atoms with Gasteiger partial charge in [-0.3, -0.25) is 4.79 Å². The Balaban J connectivity index is 2.62. The van der Waals surface area contributed by atoms with Gasteiger partial charge in [0.1, 0.15) is 11.8 Å². The van der Waals surface area contributed by atoms with Gasteiger partial charge in [0.05, 0.1) is 13.5 Å². The Morgan fingerprint density at radius 1 is 1.45 bits per heavy atom. The number of carbonyl (C=O) groups excluding carboxylic acids is 1. The summed E-state index contributed by atoms with van der Waals surface area (Å²) in [5, 5.41) is 11.5. The molecule has 0 heterocycles. The van der Waals surface area contributed by atoms with E-state index in [1.54, 1.807) is 50.5 Å². The minimum absolute atomic E-state index is 0.122. The molecule has 1 aromatic carbocycles. The normalized spacial score (nSPS) is 12.1. The molecule has 0 aliphatic rings. The zero-order valence-corrected chi connectivity index (χ0v) is 11.6. The molecule has 1 atom stereocenters. The van der Waals surface area contributed by atoms with Crippen LogP contribution in [-0.2, 0) is 16.0 Å². The highest BCUT2D eigenvalue weighted by atomic mass is 16.5. The summed E-state index contributed by atoms with van der Waals surface area (Å²) in [6.45, 7) is 1.80. The highest BCUT2D eigenvalue weighted by Crippen LogP contribution is 2.13. The maximum atomic E-state index is 11.9. The van der Waals surface area contributed by atoms with Crippen LogP contribution < -0.4 is 10.1 Å². The SMILES string of the molecule is C/C=C/CC(NC(=O)Cc1cccc(OC)c1)C(=O)O. The summed E-state index contributed by atoms with van der Waals surface area (Å²) >= 11 is 0. The van der Waals surface area contributed by atoms with Crippen molar-refractivity contribution < 1.29 is 19.4 Å². The van der Waals surface area contributed by atoms with Gasteiger partial charge in [0, 0.05) is 0 Å². The summed E-state index contributed by atoms with van der Waals surface area (Å²) in [5.41, 5.74) is 0.775. The van der Waals surface area contributed by atoms with Gasteiger partial charge in [0.15, 0.2) is 0 Å². The van der Waals surface area contributed by atoms with Crippen LogP contribution in [0.3, 0.4) is 0 Å². The highest BCUT2D eigenvalue weighted by molar-refractivity contribution is 5.85. The minimum atomic E-state index is -1.04. The number of carbonyl (C=O) groups is 2. The van der Waals surface area contributed by atoms with Crippen LogP contribution in [0.4, 0.5) is 0 Å². The lowest BCUT2D eigenvalue weighted by Gasteiger charge is -2.12. The van der Waals surface area contributed by atoms with Crippen molar-refractivity contribution in [2.75, 3.05) is 7.11 Å². The summed E-state index contributed by atoms with van der Waals surface area (Å²) in [7, 11) is 1.55. The van der Waals surface area contributed by atoms with E-state index in [4.69, 9.17) is 9.84 Å². The van der Waals surface area contributed by atoms with Crippen molar-refractivity contribution in [2.24, 2.45) is 0 Å². The molecule has 1 rings (SSSR count). The Bertz CT molecular complexity index is 496. The number of amides is 1. The monoisotopic (exact) mass is 277 g/mol. The van der Waals surface area contributed by atoms with E-state index in [2.05, 4.69) is 5.32 Å². The highest BCUT2D eigenvalue weighted by Gasteiger charge is 2.18. The Labute approximate surface area is 118 Å². The summed E-state index contributed by atoms with van der Waals surface area (Å²) in [4.78, 5) is 22.9. The summed E-state index contributed by atoms with van der Waals surface area (Å²) in [6, 6.07) is 6.22. The number of benzene rings is 1. The van der Waals surface area contributed by atoms with Crippen molar-refractivity contribution in [2.45, 2.75) is 25.8 Å². The first kappa shape index (κ1) is 15.8. The molecule has 0 fully saturated rings. The van der Waals surface area contributed by atoms with Crippen LogP contribution in [0.25, 0.3) is 0 Å². The van der Waals surface area contributed by atoms with Crippen molar-refractivity contribution in [3.8, 4) is 5.75 Å². The number of rotatable bonds is 7. The molecule has 5 heteroatoms. The number of allylic oxidation sites excluding steroid dienone is 1. The smallest absolute Gasteiger partial charge is 0.326 e. The largest absolute Gasteiger partial charge is 0.497 e. The minimum Gasteiger partial charge on any atom is -0.497 e. The fourth-order valence-corrected chi connectivity index (χ4v) is 1.71. The van der Waals surface area contributed by atoms with Crippen LogP contribution >= 0.6 is 0 Å². The predicted molar refractivity (Wildman–Crippen MR) is 75.7 cm³/mol. The van der Waals surface area contributed by atoms with Crippen LogP contribution in [0.2, 0.25) is 0 Å². The first-order valence-corrected chi connectivity index (χ1v) is 6.33. The molecule has 1 aromatic rings. The van der Waals surface area contributed by atoms with Crippen molar-refractivity contribution in [3.05, 3.63) is 42.0 Å². The lowest BCUT2D eigenvalue weighted by Crippen LogP contribution is -2.41. The molecule has 20 heavy (non-hydrogen) atoms. The molecular formula is C15H19NO4. The second kappa shape index (κ2) is 7.99. The van der Waals surface area contributed by atoms with Gasteiger partial charge >= 0.3 is 5.97 Å². The van der Waals surface area contributed by atoms with Gasteiger partial charge in [0.2, 0.25) is 5.91 Å². The second-order valence-electron chi connectivity index (χ2n) is 4.29. The molecular weight excluding hydrogens is 258 g/mol. The third-order valence-corrected chi connectivity index (χ3v) is 2.74. The summed E-state index contributed by atoms with van der Waals surface area (Å²) in [5.74, 6) is -0.698. The van der Waals surface area contributed by atoms with Gasteiger partial charge in [-0.05, 0) is 31.0 Å². The number of hydrogen-bond acceptors (Lipinski definition) is 3. The molecule has 0 saturated heterocycles. The van der Waals surface area contributed by atoms with E-state index >= 15 is 0 Å². The Morgan fingerprint density at radius 3 is 2.80 bits per heavy atom. The zero-order chi connectivity index (χ0) is 15.0. The molecule has 1 unspecified atom stereocenters. The molecule has 2 N–H and O–H groups in total. The van der Waals surface area contributed by atoms with Gasteiger partial charge in [-0.1, -0.05) is 24.3 Å². The van der Waals surface area contributed by atoms with E-state index in [0.717, 1.165) is 5.56 Å². The quantitative estimate of drug-likeness (QED) is 0.745. The lowest BCUT2D eigenvalue weighted by atomic mass is 10.1. The van der Waals surface area contributed by atoms with E-state index < -0.39 is 12.0 Å². The van der Waals surface area contributed by atoms with Crippen molar-refractivity contribution >= 4 is 11.9 Å². The van der Waals surface area contributed by atoms with Crippen LogP contribution in [0.1, 0.15) is 18.9 Å². The summed E-state index contributed by atoms with van der Waals surface area (Å²) < 4.78 is 5.07. The Hall–Kier alpha value is -2.30. The summed E-state index contributed by atoms with van der Waals surface area (Å²) in [6.07, 6.45) is 3.86. The topological polar surface area (TPSA) is 75.6 Å². The number of nitrogens with one attached hydrogen (secondary N) is 1. The van der Waals surface area contributed by atoms with Crippen LogP contribution in [0.15, 0.2) is 36.4 Å².